The Morgan fingerprint density at radius 2 is 1.97 bits per heavy atom. The molecule has 0 spiro atoms. The standard InChI is InChI=1S/C21H13ClF6N2O2/c22-16-2-1-3-17-18(16)13(6-12(8-29)19(31)32)10-30(17)9-11-4-14(20(23,24)25)7-15(5-11)21(26,27)28/h1-4,6-7,10,15H,5,9H2,(H,31,32)/b12-6+. The maximum absolute atomic E-state index is 13.2. The quantitative estimate of drug-likeness (QED) is 0.322. The molecule has 0 saturated heterocycles. The first kappa shape index (κ1) is 23.5. The Morgan fingerprint density at radius 1 is 1.28 bits per heavy atom. The number of aliphatic carboxylic acids is 1. The van der Waals surface area contributed by atoms with Crippen molar-refractivity contribution >= 4 is 34.5 Å². The fourth-order valence-corrected chi connectivity index (χ4v) is 3.76. The highest BCUT2D eigenvalue weighted by atomic mass is 35.5. The number of allylic oxidation sites excluding steroid dienone is 4. The molecule has 32 heavy (non-hydrogen) atoms. The lowest BCUT2D eigenvalue weighted by atomic mass is 9.89. The topological polar surface area (TPSA) is 66.0 Å². The molecule has 3 rings (SSSR count). The summed E-state index contributed by atoms with van der Waals surface area (Å²) < 4.78 is 80.6. The third-order valence-corrected chi connectivity index (χ3v) is 5.19. The third-order valence-electron chi connectivity index (χ3n) is 4.88. The Bertz CT molecular complexity index is 1210. The molecule has 0 aliphatic heterocycles. The number of carbonyl (C=O) groups is 1. The van der Waals surface area contributed by atoms with Crippen LogP contribution >= 0.6 is 11.6 Å². The number of carboxylic acids is 1. The molecule has 4 nitrogen and oxygen atoms in total. The van der Waals surface area contributed by atoms with Crippen LogP contribution in [0.5, 0.6) is 0 Å². The Labute approximate surface area is 182 Å². The molecule has 1 atom stereocenters. The summed E-state index contributed by atoms with van der Waals surface area (Å²) in [4.78, 5) is 11.2. The summed E-state index contributed by atoms with van der Waals surface area (Å²) >= 11 is 6.20. The van der Waals surface area contributed by atoms with Crippen LogP contribution < -0.4 is 0 Å². The van der Waals surface area contributed by atoms with Gasteiger partial charge in [-0.15, -0.1) is 0 Å². The summed E-state index contributed by atoms with van der Waals surface area (Å²) in [5.74, 6) is -3.79. The predicted octanol–water partition coefficient (Wildman–Crippen LogP) is 6.28. The Morgan fingerprint density at radius 3 is 2.53 bits per heavy atom. The maximum Gasteiger partial charge on any atom is 0.416 e. The maximum atomic E-state index is 13.2. The van der Waals surface area contributed by atoms with Gasteiger partial charge in [0.1, 0.15) is 11.6 Å². The molecular weight excluding hydrogens is 462 g/mol. The number of alkyl halides is 6. The Hall–Kier alpha value is -3.19. The SMILES string of the molecule is N#C/C(=C\c1cn(CC2=CC(C(F)(F)F)=CC(C(F)(F)F)C2)c2cccc(Cl)c12)C(=O)O. The summed E-state index contributed by atoms with van der Waals surface area (Å²) in [6, 6.07) is 6.07. The number of nitrogens with zero attached hydrogens (tertiary/aromatic N) is 2. The highest BCUT2D eigenvalue weighted by molar-refractivity contribution is 6.36. The molecule has 0 bridgehead atoms. The fourth-order valence-electron chi connectivity index (χ4n) is 3.48. The van der Waals surface area contributed by atoms with E-state index in [1.807, 2.05) is 0 Å². The van der Waals surface area contributed by atoms with Crippen LogP contribution in [0.3, 0.4) is 0 Å². The number of halogens is 7. The van der Waals surface area contributed by atoms with Crippen molar-refractivity contribution in [3.63, 3.8) is 0 Å². The van der Waals surface area contributed by atoms with E-state index in [-0.39, 0.29) is 28.8 Å². The molecule has 0 fully saturated rings. The molecule has 1 unspecified atom stereocenters. The van der Waals surface area contributed by atoms with Crippen molar-refractivity contribution in [1.82, 2.24) is 4.57 Å². The third kappa shape index (κ3) is 4.83. The van der Waals surface area contributed by atoms with E-state index in [4.69, 9.17) is 22.0 Å². The van der Waals surface area contributed by atoms with Gasteiger partial charge in [-0.05, 0) is 36.3 Å². The van der Waals surface area contributed by atoms with E-state index in [2.05, 4.69) is 0 Å². The van der Waals surface area contributed by atoms with Crippen LogP contribution in [0.4, 0.5) is 26.3 Å². The van der Waals surface area contributed by atoms with E-state index in [0.29, 0.717) is 17.0 Å². The van der Waals surface area contributed by atoms with Gasteiger partial charge in [-0.25, -0.2) is 4.79 Å². The molecule has 1 aliphatic rings. The largest absolute Gasteiger partial charge is 0.477 e. The van der Waals surface area contributed by atoms with Crippen molar-refractivity contribution in [2.45, 2.75) is 25.3 Å². The lowest BCUT2D eigenvalue weighted by Gasteiger charge is -2.25. The number of benzene rings is 1. The summed E-state index contributed by atoms with van der Waals surface area (Å²) in [6.07, 6.45) is -7.22. The molecule has 1 aromatic carbocycles. The molecule has 11 heteroatoms. The van der Waals surface area contributed by atoms with E-state index in [0.717, 1.165) is 6.08 Å². The van der Waals surface area contributed by atoms with Gasteiger partial charge in [-0.1, -0.05) is 23.7 Å². The summed E-state index contributed by atoms with van der Waals surface area (Å²) in [5.41, 5.74) is -1.55. The van der Waals surface area contributed by atoms with Crippen molar-refractivity contribution < 1.29 is 36.2 Å². The molecule has 0 saturated carbocycles. The van der Waals surface area contributed by atoms with Crippen molar-refractivity contribution in [2.75, 3.05) is 0 Å². The highest BCUT2D eigenvalue weighted by Gasteiger charge is 2.44. The lowest BCUT2D eigenvalue weighted by Crippen LogP contribution is -2.27. The average molecular weight is 475 g/mol. The number of aromatic nitrogens is 1. The van der Waals surface area contributed by atoms with Crippen LogP contribution in [-0.2, 0) is 11.3 Å². The molecule has 168 valence electrons. The number of fused-ring (bicyclic) bond motifs is 1. The zero-order chi connectivity index (χ0) is 23.8. The number of hydrogen-bond donors (Lipinski definition) is 1. The molecule has 1 N–H and O–H groups in total. The van der Waals surface area contributed by atoms with Crippen LogP contribution in [0.2, 0.25) is 5.02 Å². The molecule has 0 amide bonds. The van der Waals surface area contributed by atoms with E-state index in [1.165, 1.54) is 35.0 Å². The predicted molar refractivity (Wildman–Crippen MR) is 105 cm³/mol. The minimum atomic E-state index is -4.95. The van der Waals surface area contributed by atoms with Gasteiger partial charge >= 0.3 is 18.3 Å². The van der Waals surface area contributed by atoms with Crippen molar-refractivity contribution in [2.24, 2.45) is 5.92 Å². The minimum absolute atomic E-state index is 0.117. The number of carboxylic acid groups (broad SMARTS) is 1. The first-order valence-electron chi connectivity index (χ1n) is 8.99. The Kier molecular flexibility index (Phi) is 6.15. The summed E-state index contributed by atoms with van der Waals surface area (Å²) in [6.45, 7) is -0.320. The molecule has 0 radical (unpaired) electrons. The highest BCUT2D eigenvalue weighted by Crippen LogP contribution is 2.41. The smallest absolute Gasteiger partial charge is 0.416 e. The number of rotatable bonds is 4. The van der Waals surface area contributed by atoms with Gasteiger partial charge in [0.15, 0.2) is 0 Å². The molecule has 1 aliphatic carbocycles. The molecular formula is C21H13ClF6N2O2. The second-order valence-electron chi connectivity index (χ2n) is 7.10. The van der Waals surface area contributed by atoms with Gasteiger partial charge in [0.05, 0.1) is 22.0 Å². The molecule has 2 aromatic rings. The monoisotopic (exact) mass is 474 g/mol. The van der Waals surface area contributed by atoms with Crippen molar-refractivity contribution in [3.8, 4) is 6.07 Å². The van der Waals surface area contributed by atoms with Gasteiger partial charge in [-0.3, -0.25) is 0 Å². The zero-order valence-corrected chi connectivity index (χ0v) is 16.7. The Balaban J connectivity index is 2.11. The van der Waals surface area contributed by atoms with E-state index < -0.39 is 41.8 Å². The van der Waals surface area contributed by atoms with E-state index in [9.17, 15) is 31.1 Å². The first-order chi connectivity index (χ1) is 14.8. The van der Waals surface area contributed by atoms with E-state index in [1.54, 1.807) is 0 Å². The summed E-state index contributed by atoms with van der Waals surface area (Å²) in [7, 11) is 0. The van der Waals surface area contributed by atoms with Gasteiger partial charge < -0.3 is 9.67 Å². The van der Waals surface area contributed by atoms with Crippen LogP contribution in [0, 0.1) is 17.2 Å². The normalized spacial score (nSPS) is 17.7. The van der Waals surface area contributed by atoms with Gasteiger partial charge in [0, 0.05) is 23.7 Å². The van der Waals surface area contributed by atoms with Crippen LogP contribution in [0.15, 0.2) is 53.3 Å². The van der Waals surface area contributed by atoms with Gasteiger partial charge in [0.25, 0.3) is 0 Å². The van der Waals surface area contributed by atoms with Gasteiger partial charge in [0.2, 0.25) is 0 Å². The van der Waals surface area contributed by atoms with Crippen LogP contribution in [-0.4, -0.2) is 28.0 Å². The molecule has 1 aromatic heterocycles. The lowest BCUT2D eigenvalue weighted by molar-refractivity contribution is -0.162. The van der Waals surface area contributed by atoms with Gasteiger partial charge in [-0.2, -0.15) is 31.6 Å². The van der Waals surface area contributed by atoms with Crippen LogP contribution in [0.25, 0.3) is 17.0 Å². The second-order valence-corrected chi connectivity index (χ2v) is 7.50. The fraction of sp³-hybridized carbons (Fsp3) is 0.238. The van der Waals surface area contributed by atoms with Crippen molar-refractivity contribution in [3.05, 3.63) is 63.9 Å². The van der Waals surface area contributed by atoms with Crippen LogP contribution in [0.1, 0.15) is 12.0 Å². The second kappa shape index (κ2) is 8.39. The minimum Gasteiger partial charge on any atom is -0.477 e. The summed E-state index contributed by atoms with van der Waals surface area (Å²) in [5, 5.41) is 18.6. The van der Waals surface area contributed by atoms with E-state index >= 15 is 0 Å². The zero-order valence-electron chi connectivity index (χ0n) is 15.9. The molecule has 1 heterocycles. The van der Waals surface area contributed by atoms with Crippen molar-refractivity contribution in [1.29, 1.82) is 5.26 Å². The number of nitriles is 1. The average Bonchev–Trinajstić information content (AvgIpc) is 3.02. The first-order valence-corrected chi connectivity index (χ1v) is 9.36. The number of hydrogen-bond acceptors (Lipinski definition) is 2.